The Morgan fingerprint density at radius 1 is 1.24 bits per heavy atom. The minimum absolute atomic E-state index is 0.219. The van der Waals surface area contributed by atoms with Crippen molar-refractivity contribution >= 4 is 5.91 Å². The first kappa shape index (κ1) is 12.9. The van der Waals surface area contributed by atoms with Crippen molar-refractivity contribution in [3.05, 3.63) is 0 Å². The highest BCUT2D eigenvalue weighted by Crippen LogP contribution is 2.29. The zero-order valence-corrected chi connectivity index (χ0v) is 11.2. The van der Waals surface area contributed by atoms with Crippen LogP contribution in [0.4, 0.5) is 0 Å². The molecule has 4 atom stereocenters. The van der Waals surface area contributed by atoms with E-state index < -0.39 is 0 Å². The van der Waals surface area contributed by atoms with Crippen LogP contribution in [-0.4, -0.2) is 24.5 Å². The molecular weight excluding hydrogens is 212 g/mol. The number of hydrogen-bond acceptors (Lipinski definition) is 2. The van der Waals surface area contributed by atoms with Crippen molar-refractivity contribution in [3.8, 4) is 0 Å². The lowest BCUT2D eigenvalue weighted by Crippen LogP contribution is -2.45. The Labute approximate surface area is 105 Å². The summed E-state index contributed by atoms with van der Waals surface area (Å²) in [6, 6.07) is 1.03. The molecule has 0 aromatic heterocycles. The van der Waals surface area contributed by atoms with E-state index in [2.05, 4.69) is 24.5 Å². The molecular formula is C14H26N2O. The predicted molar refractivity (Wildman–Crippen MR) is 69.8 cm³/mol. The van der Waals surface area contributed by atoms with E-state index >= 15 is 0 Å². The van der Waals surface area contributed by atoms with E-state index in [9.17, 15) is 4.79 Å². The summed E-state index contributed by atoms with van der Waals surface area (Å²) in [5, 5.41) is 6.69. The Bertz CT molecular complexity index is 267. The Balaban J connectivity index is 1.84. The normalized spacial score (nSPS) is 39.5. The minimum Gasteiger partial charge on any atom is -0.356 e. The van der Waals surface area contributed by atoms with Gasteiger partial charge in [-0.1, -0.05) is 13.8 Å². The summed E-state index contributed by atoms with van der Waals surface area (Å²) >= 11 is 0. The lowest BCUT2D eigenvalue weighted by molar-refractivity contribution is -0.121. The number of rotatable bonds is 2. The van der Waals surface area contributed by atoms with Crippen molar-refractivity contribution in [2.45, 2.75) is 64.5 Å². The van der Waals surface area contributed by atoms with Gasteiger partial charge >= 0.3 is 0 Å². The summed E-state index contributed by atoms with van der Waals surface area (Å²) in [7, 11) is 0. The van der Waals surface area contributed by atoms with Gasteiger partial charge in [-0.25, -0.2) is 0 Å². The molecule has 3 heteroatoms. The van der Waals surface area contributed by atoms with Crippen molar-refractivity contribution in [1.82, 2.24) is 10.6 Å². The van der Waals surface area contributed by atoms with Gasteiger partial charge in [0.2, 0.25) is 5.91 Å². The maximum absolute atomic E-state index is 11.5. The molecule has 2 rings (SSSR count). The topological polar surface area (TPSA) is 41.1 Å². The van der Waals surface area contributed by atoms with Crippen molar-refractivity contribution < 1.29 is 4.79 Å². The molecule has 0 spiro atoms. The highest BCUT2D eigenvalue weighted by atomic mass is 16.1. The van der Waals surface area contributed by atoms with Crippen LogP contribution in [0.2, 0.25) is 0 Å². The summed E-state index contributed by atoms with van der Waals surface area (Å²) < 4.78 is 0. The van der Waals surface area contributed by atoms with E-state index in [0.29, 0.717) is 18.5 Å². The molecule has 98 valence electrons. The Hall–Kier alpha value is -0.570. The summed E-state index contributed by atoms with van der Waals surface area (Å²) in [4.78, 5) is 11.5. The molecule has 17 heavy (non-hydrogen) atoms. The molecule has 0 radical (unpaired) electrons. The largest absolute Gasteiger partial charge is 0.356 e. The first-order chi connectivity index (χ1) is 8.15. The van der Waals surface area contributed by atoms with E-state index in [1.807, 2.05) is 0 Å². The van der Waals surface area contributed by atoms with E-state index in [1.54, 1.807) is 0 Å². The lowest BCUT2D eigenvalue weighted by atomic mass is 9.79. The Kier molecular flexibility index (Phi) is 4.43. The maximum Gasteiger partial charge on any atom is 0.221 e. The average Bonchev–Trinajstić information content (AvgIpc) is 2.47. The van der Waals surface area contributed by atoms with E-state index in [-0.39, 0.29) is 5.91 Å². The fourth-order valence-electron chi connectivity index (χ4n) is 3.33. The molecule has 0 bridgehead atoms. The van der Waals surface area contributed by atoms with E-state index in [1.165, 1.54) is 19.3 Å². The molecule has 3 nitrogen and oxygen atoms in total. The van der Waals surface area contributed by atoms with Gasteiger partial charge in [0.1, 0.15) is 0 Å². The molecule has 0 aromatic rings. The second-order valence-corrected chi connectivity index (χ2v) is 6.06. The van der Waals surface area contributed by atoms with Crippen LogP contribution in [-0.2, 0) is 4.79 Å². The molecule has 1 heterocycles. The Morgan fingerprint density at radius 2 is 2.06 bits per heavy atom. The van der Waals surface area contributed by atoms with Crippen molar-refractivity contribution in [3.63, 3.8) is 0 Å². The summed E-state index contributed by atoms with van der Waals surface area (Å²) in [6.45, 7) is 5.56. The fourth-order valence-corrected chi connectivity index (χ4v) is 3.33. The molecule has 1 amide bonds. The SMILES string of the molecule is CC1CCC(NC2CCCNC(=O)C2)C(C)C1. The van der Waals surface area contributed by atoms with Crippen molar-refractivity contribution in [1.29, 1.82) is 0 Å². The van der Waals surface area contributed by atoms with Gasteiger partial charge in [0.25, 0.3) is 0 Å². The third-order valence-corrected chi connectivity index (χ3v) is 4.36. The predicted octanol–water partition coefficient (Wildman–Crippen LogP) is 2.07. The average molecular weight is 238 g/mol. The molecule has 4 unspecified atom stereocenters. The highest BCUT2D eigenvalue weighted by molar-refractivity contribution is 5.76. The summed E-state index contributed by atoms with van der Waals surface area (Å²) in [5.74, 6) is 1.85. The fraction of sp³-hybridized carbons (Fsp3) is 0.929. The second-order valence-electron chi connectivity index (χ2n) is 6.06. The van der Waals surface area contributed by atoms with Crippen LogP contribution >= 0.6 is 0 Å². The van der Waals surface area contributed by atoms with Crippen LogP contribution in [0, 0.1) is 11.8 Å². The molecule has 2 fully saturated rings. The van der Waals surface area contributed by atoms with Gasteiger partial charge < -0.3 is 10.6 Å². The molecule has 1 saturated carbocycles. The Morgan fingerprint density at radius 3 is 2.82 bits per heavy atom. The minimum atomic E-state index is 0.219. The van der Waals surface area contributed by atoms with Crippen molar-refractivity contribution in [2.24, 2.45) is 11.8 Å². The number of carbonyl (C=O) groups is 1. The van der Waals surface area contributed by atoms with Gasteiger partial charge in [0.15, 0.2) is 0 Å². The van der Waals surface area contributed by atoms with Crippen LogP contribution < -0.4 is 10.6 Å². The van der Waals surface area contributed by atoms with Crippen LogP contribution in [0.1, 0.15) is 52.4 Å². The number of nitrogens with one attached hydrogen (secondary N) is 2. The summed E-state index contributed by atoms with van der Waals surface area (Å²) in [5.41, 5.74) is 0. The van der Waals surface area contributed by atoms with E-state index in [0.717, 1.165) is 31.2 Å². The van der Waals surface area contributed by atoms with Gasteiger partial charge in [0, 0.05) is 25.0 Å². The van der Waals surface area contributed by atoms with Crippen LogP contribution in [0.25, 0.3) is 0 Å². The van der Waals surface area contributed by atoms with Crippen molar-refractivity contribution in [2.75, 3.05) is 6.54 Å². The van der Waals surface area contributed by atoms with E-state index in [4.69, 9.17) is 0 Å². The number of hydrogen-bond donors (Lipinski definition) is 2. The van der Waals surface area contributed by atoms with Crippen LogP contribution in [0.15, 0.2) is 0 Å². The standard InChI is InChI=1S/C14H26N2O/c1-10-5-6-13(11(2)8-10)16-12-4-3-7-15-14(17)9-12/h10-13,16H,3-9H2,1-2H3,(H,15,17). The highest BCUT2D eigenvalue weighted by Gasteiger charge is 2.28. The van der Waals surface area contributed by atoms with Crippen LogP contribution in [0.5, 0.6) is 0 Å². The first-order valence-corrected chi connectivity index (χ1v) is 7.18. The van der Waals surface area contributed by atoms with Gasteiger partial charge in [0.05, 0.1) is 0 Å². The smallest absolute Gasteiger partial charge is 0.221 e. The molecule has 1 aliphatic carbocycles. The molecule has 2 aliphatic rings. The quantitative estimate of drug-likeness (QED) is 0.773. The van der Waals surface area contributed by atoms with Gasteiger partial charge in [-0.3, -0.25) is 4.79 Å². The second kappa shape index (κ2) is 5.85. The van der Waals surface area contributed by atoms with Crippen LogP contribution in [0.3, 0.4) is 0 Å². The molecule has 1 aliphatic heterocycles. The lowest BCUT2D eigenvalue weighted by Gasteiger charge is -2.35. The van der Waals surface area contributed by atoms with Gasteiger partial charge in [-0.05, 0) is 43.9 Å². The maximum atomic E-state index is 11.5. The monoisotopic (exact) mass is 238 g/mol. The number of carbonyl (C=O) groups excluding carboxylic acids is 1. The number of amides is 1. The third kappa shape index (κ3) is 3.70. The summed E-state index contributed by atoms with van der Waals surface area (Å²) in [6.07, 6.45) is 6.86. The van der Waals surface area contributed by atoms with Gasteiger partial charge in [-0.2, -0.15) is 0 Å². The molecule has 0 aromatic carbocycles. The first-order valence-electron chi connectivity index (χ1n) is 7.18. The molecule has 2 N–H and O–H groups in total. The third-order valence-electron chi connectivity index (χ3n) is 4.36. The zero-order valence-electron chi connectivity index (χ0n) is 11.2. The zero-order chi connectivity index (χ0) is 12.3. The van der Waals surface area contributed by atoms with Gasteiger partial charge in [-0.15, -0.1) is 0 Å². The molecule has 1 saturated heterocycles.